The Balaban J connectivity index is 1.48. The van der Waals surface area contributed by atoms with E-state index < -0.39 is 0 Å². The fraction of sp³-hybridized carbons (Fsp3) is 0.615. The molecule has 2 N–H and O–H groups in total. The SMILES string of the molecule is OC[C@H]1C=C[C@@H](NCc2csc(C3CC3)n2)C1. The molecule has 2 aliphatic rings. The third kappa shape index (κ3) is 2.76. The standard InChI is InChI=1S/C13H18N2OS/c16-7-9-1-4-11(5-9)14-6-12-8-17-13(15-12)10-2-3-10/h1,4,8-11,14,16H,2-3,5-7H2/t9-,11+/m0/s1. The van der Waals surface area contributed by atoms with E-state index in [-0.39, 0.29) is 6.61 Å². The minimum absolute atomic E-state index is 0.261. The Hall–Kier alpha value is -0.710. The quantitative estimate of drug-likeness (QED) is 0.786. The Bertz CT molecular complexity index is 411. The number of hydrogen-bond donors (Lipinski definition) is 2. The molecule has 1 fully saturated rings. The van der Waals surface area contributed by atoms with Crippen molar-refractivity contribution in [1.82, 2.24) is 10.3 Å². The second kappa shape index (κ2) is 4.88. The summed E-state index contributed by atoms with van der Waals surface area (Å²) in [4.78, 5) is 4.65. The number of nitrogens with zero attached hydrogens (tertiary/aromatic N) is 1. The van der Waals surface area contributed by atoms with Crippen LogP contribution in [0.2, 0.25) is 0 Å². The van der Waals surface area contributed by atoms with Crippen molar-refractivity contribution in [3.63, 3.8) is 0 Å². The highest BCUT2D eigenvalue weighted by Crippen LogP contribution is 2.41. The molecule has 1 heterocycles. The highest BCUT2D eigenvalue weighted by Gasteiger charge is 2.26. The molecule has 0 amide bonds. The molecule has 17 heavy (non-hydrogen) atoms. The number of rotatable bonds is 5. The van der Waals surface area contributed by atoms with Crippen LogP contribution in [0, 0.1) is 5.92 Å². The van der Waals surface area contributed by atoms with Crippen LogP contribution in [0.25, 0.3) is 0 Å². The van der Waals surface area contributed by atoms with Gasteiger partial charge in [-0.05, 0) is 19.3 Å². The first-order chi connectivity index (χ1) is 8.35. The summed E-state index contributed by atoms with van der Waals surface area (Å²) >= 11 is 1.80. The van der Waals surface area contributed by atoms with Gasteiger partial charge in [0, 0.05) is 36.4 Å². The molecule has 0 unspecified atom stereocenters. The molecule has 1 saturated carbocycles. The van der Waals surface area contributed by atoms with E-state index in [2.05, 4.69) is 27.8 Å². The Morgan fingerprint density at radius 1 is 1.41 bits per heavy atom. The van der Waals surface area contributed by atoms with Crippen LogP contribution in [0.5, 0.6) is 0 Å². The summed E-state index contributed by atoms with van der Waals surface area (Å²) in [5.74, 6) is 1.10. The molecule has 3 rings (SSSR count). The summed E-state index contributed by atoms with van der Waals surface area (Å²) in [6.45, 7) is 1.10. The fourth-order valence-electron chi connectivity index (χ4n) is 2.22. The van der Waals surface area contributed by atoms with Gasteiger partial charge in [-0.15, -0.1) is 11.3 Å². The average Bonchev–Trinajstić information content (AvgIpc) is 2.93. The summed E-state index contributed by atoms with van der Waals surface area (Å²) in [6.07, 6.45) is 7.92. The van der Waals surface area contributed by atoms with Crippen LogP contribution in [0.15, 0.2) is 17.5 Å². The van der Waals surface area contributed by atoms with E-state index in [9.17, 15) is 0 Å². The third-order valence-electron chi connectivity index (χ3n) is 3.45. The molecular formula is C13H18N2OS. The van der Waals surface area contributed by atoms with E-state index in [0.29, 0.717) is 12.0 Å². The van der Waals surface area contributed by atoms with Crippen molar-refractivity contribution in [2.75, 3.05) is 6.61 Å². The van der Waals surface area contributed by atoms with E-state index in [4.69, 9.17) is 5.11 Å². The van der Waals surface area contributed by atoms with E-state index in [1.54, 1.807) is 11.3 Å². The van der Waals surface area contributed by atoms with Crippen LogP contribution in [0.1, 0.15) is 35.9 Å². The van der Waals surface area contributed by atoms with Crippen molar-refractivity contribution in [3.8, 4) is 0 Å². The fourth-order valence-corrected chi connectivity index (χ4v) is 3.21. The molecule has 1 aromatic rings. The number of aliphatic hydroxyl groups is 1. The van der Waals surface area contributed by atoms with Gasteiger partial charge in [0.25, 0.3) is 0 Å². The highest BCUT2D eigenvalue weighted by atomic mass is 32.1. The molecule has 0 aromatic carbocycles. The molecule has 92 valence electrons. The molecule has 3 nitrogen and oxygen atoms in total. The molecule has 0 spiro atoms. The van der Waals surface area contributed by atoms with Crippen LogP contribution in [0.3, 0.4) is 0 Å². The second-order valence-corrected chi connectivity index (χ2v) is 5.89. The van der Waals surface area contributed by atoms with Gasteiger partial charge in [0.2, 0.25) is 0 Å². The molecule has 0 aliphatic heterocycles. The normalized spacial score (nSPS) is 27.8. The maximum absolute atomic E-state index is 9.05. The maximum atomic E-state index is 9.05. The summed E-state index contributed by atoms with van der Waals surface area (Å²) in [5.41, 5.74) is 1.16. The van der Waals surface area contributed by atoms with Gasteiger partial charge < -0.3 is 10.4 Å². The summed E-state index contributed by atoms with van der Waals surface area (Å²) < 4.78 is 0. The number of aliphatic hydroxyl groups excluding tert-OH is 1. The second-order valence-electron chi connectivity index (χ2n) is 5.00. The van der Waals surface area contributed by atoms with Crippen LogP contribution in [0.4, 0.5) is 0 Å². The Kier molecular flexibility index (Phi) is 3.27. The smallest absolute Gasteiger partial charge is 0.0959 e. The summed E-state index contributed by atoms with van der Waals surface area (Å²) in [6, 6.07) is 0.401. The molecule has 1 aromatic heterocycles. The van der Waals surface area contributed by atoms with Crippen LogP contribution in [-0.2, 0) is 6.54 Å². The predicted octanol–water partition coefficient (Wildman–Crippen LogP) is 2.05. The van der Waals surface area contributed by atoms with Gasteiger partial charge in [-0.25, -0.2) is 4.98 Å². The van der Waals surface area contributed by atoms with E-state index in [1.165, 1.54) is 17.8 Å². The van der Waals surface area contributed by atoms with Gasteiger partial charge in [-0.3, -0.25) is 0 Å². The number of thiazole rings is 1. The van der Waals surface area contributed by atoms with Crippen LogP contribution in [-0.4, -0.2) is 22.7 Å². The lowest BCUT2D eigenvalue weighted by Crippen LogP contribution is -2.26. The third-order valence-corrected chi connectivity index (χ3v) is 4.50. The molecule has 0 saturated heterocycles. The first-order valence-corrected chi connectivity index (χ1v) is 7.20. The molecule has 0 radical (unpaired) electrons. The molecule has 4 heteroatoms. The first-order valence-electron chi connectivity index (χ1n) is 6.32. The van der Waals surface area contributed by atoms with Crippen molar-refractivity contribution < 1.29 is 5.11 Å². The predicted molar refractivity (Wildman–Crippen MR) is 69.0 cm³/mol. The van der Waals surface area contributed by atoms with Crippen molar-refractivity contribution in [2.24, 2.45) is 5.92 Å². The summed E-state index contributed by atoms with van der Waals surface area (Å²) in [5, 5.41) is 16.0. The lowest BCUT2D eigenvalue weighted by atomic mass is 10.1. The summed E-state index contributed by atoms with van der Waals surface area (Å²) in [7, 11) is 0. The highest BCUT2D eigenvalue weighted by molar-refractivity contribution is 7.09. The zero-order valence-electron chi connectivity index (χ0n) is 9.80. The Morgan fingerprint density at radius 3 is 3.00 bits per heavy atom. The van der Waals surface area contributed by atoms with Crippen LogP contribution >= 0.6 is 11.3 Å². The van der Waals surface area contributed by atoms with Crippen molar-refractivity contribution in [3.05, 3.63) is 28.2 Å². The monoisotopic (exact) mass is 250 g/mol. The molecule has 2 atom stereocenters. The van der Waals surface area contributed by atoms with E-state index in [0.717, 1.165) is 24.6 Å². The van der Waals surface area contributed by atoms with Gasteiger partial charge in [0.1, 0.15) is 0 Å². The van der Waals surface area contributed by atoms with Gasteiger partial charge in [-0.2, -0.15) is 0 Å². The van der Waals surface area contributed by atoms with Gasteiger partial charge in [0.05, 0.1) is 10.7 Å². The van der Waals surface area contributed by atoms with Crippen molar-refractivity contribution in [1.29, 1.82) is 0 Å². The van der Waals surface area contributed by atoms with Gasteiger partial charge >= 0.3 is 0 Å². The van der Waals surface area contributed by atoms with Crippen molar-refractivity contribution in [2.45, 2.75) is 37.8 Å². The minimum atomic E-state index is 0.261. The van der Waals surface area contributed by atoms with Crippen molar-refractivity contribution >= 4 is 11.3 Å². The zero-order chi connectivity index (χ0) is 11.7. The first kappa shape index (κ1) is 11.4. The Labute approximate surface area is 106 Å². The topological polar surface area (TPSA) is 45.1 Å². The number of hydrogen-bond acceptors (Lipinski definition) is 4. The lowest BCUT2D eigenvalue weighted by molar-refractivity contribution is 0.246. The van der Waals surface area contributed by atoms with E-state index >= 15 is 0 Å². The largest absolute Gasteiger partial charge is 0.396 e. The molecule has 0 bridgehead atoms. The zero-order valence-corrected chi connectivity index (χ0v) is 10.6. The maximum Gasteiger partial charge on any atom is 0.0959 e. The van der Waals surface area contributed by atoms with Crippen LogP contribution < -0.4 is 5.32 Å². The number of nitrogens with one attached hydrogen (secondary N) is 1. The Morgan fingerprint density at radius 2 is 2.29 bits per heavy atom. The molecular weight excluding hydrogens is 232 g/mol. The molecule has 2 aliphatic carbocycles. The number of aromatic nitrogens is 1. The van der Waals surface area contributed by atoms with E-state index in [1.807, 2.05) is 0 Å². The van der Waals surface area contributed by atoms with Gasteiger partial charge in [-0.1, -0.05) is 12.2 Å². The average molecular weight is 250 g/mol. The minimum Gasteiger partial charge on any atom is -0.396 e. The lowest BCUT2D eigenvalue weighted by Gasteiger charge is -2.11. The van der Waals surface area contributed by atoms with Gasteiger partial charge in [0.15, 0.2) is 0 Å².